The number of nitrogens with one attached hydrogen (secondary N) is 3. The minimum Gasteiger partial charge on any atom is -0.363 e. The van der Waals surface area contributed by atoms with Crippen LogP contribution in [0.2, 0.25) is 0 Å². The molecule has 0 radical (unpaired) electrons. The third kappa shape index (κ3) is 19.5. The first kappa shape index (κ1) is 48.6. The molecule has 1 saturated heterocycles. The van der Waals surface area contributed by atoms with Crippen LogP contribution in [-0.4, -0.2) is 79.9 Å². The maximum absolute atomic E-state index is 13.8. The van der Waals surface area contributed by atoms with Gasteiger partial charge in [-0.25, -0.2) is 4.79 Å². The largest absolute Gasteiger partial charge is 0.363 e. The normalized spacial score (nSPS) is 17.5. The molecular weight excluding hydrogens is 643 g/mol. The first-order chi connectivity index (χ1) is 22.7. The molecule has 1 fully saturated rings. The van der Waals surface area contributed by atoms with E-state index in [2.05, 4.69) is 43.6 Å². The molecule has 0 saturated carbocycles. The zero-order valence-electron chi connectivity index (χ0n) is 33.3. The first-order valence-corrected chi connectivity index (χ1v) is 19.9. The fourth-order valence-corrected chi connectivity index (χ4v) is 6.16. The number of nitrogens with two attached hydrogens (primary N) is 1. The molecule has 12 heteroatoms. The maximum Gasteiger partial charge on any atom is 0.315 e. The van der Waals surface area contributed by atoms with Crippen molar-refractivity contribution in [2.45, 2.75) is 183 Å². The summed E-state index contributed by atoms with van der Waals surface area (Å²) in [5.74, 6) is -2.55. The standard InChI is InChI=1S/C29H53N5O6S.C5H12.C3H8/c1-10-13-19(17-41(40)29(7,8)9)31-27(39)33-23(28(4,5)6)26(38)34-15-12-14-21(34)25(37)32-20(16-18(3)11-2)22(35)24(30)36;1-3-5-4-2;1-3-2/h18-21,23H,10-17H2,1-9H3,(H2,30,36)(H,32,37)(H2,31,33,39);3-5H2,1-2H3;3H2,1-2H3/t18?,19?,20?,21-,23?,41?;;/m0../s1. The van der Waals surface area contributed by atoms with Crippen LogP contribution in [0.15, 0.2) is 0 Å². The molecule has 1 heterocycles. The van der Waals surface area contributed by atoms with E-state index in [1.54, 1.807) is 0 Å². The summed E-state index contributed by atoms with van der Waals surface area (Å²) in [4.78, 5) is 65.8. The third-order valence-corrected chi connectivity index (χ3v) is 10.2. The van der Waals surface area contributed by atoms with Gasteiger partial charge in [0.2, 0.25) is 17.6 Å². The lowest BCUT2D eigenvalue weighted by atomic mass is 9.85. The summed E-state index contributed by atoms with van der Waals surface area (Å²) in [6, 6.07) is -3.73. The van der Waals surface area contributed by atoms with Gasteiger partial charge in [0.05, 0.1) is 6.04 Å². The highest BCUT2D eigenvalue weighted by Gasteiger charge is 2.43. The quantitative estimate of drug-likeness (QED) is 0.143. The van der Waals surface area contributed by atoms with E-state index in [-0.39, 0.29) is 18.4 Å². The van der Waals surface area contributed by atoms with Crippen molar-refractivity contribution < 1.29 is 28.2 Å². The fourth-order valence-electron chi connectivity index (χ4n) is 5.05. The summed E-state index contributed by atoms with van der Waals surface area (Å²) < 4.78 is 12.3. The number of Topliss-reactive ketones (excluding diaryl/α,β-unsaturated/α-hetero) is 1. The van der Waals surface area contributed by atoms with Gasteiger partial charge in [0, 0.05) is 33.9 Å². The molecule has 11 nitrogen and oxygen atoms in total. The third-order valence-electron chi connectivity index (χ3n) is 8.15. The summed E-state index contributed by atoms with van der Waals surface area (Å²) in [6.07, 6.45) is 8.72. The van der Waals surface area contributed by atoms with Gasteiger partial charge >= 0.3 is 6.03 Å². The van der Waals surface area contributed by atoms with Crippen molar-refractivity contribution in [1.29, 1.82) is 0 Å². The highest BCUT2D eigenvalue weighted by Crippen LogP contribution is 2.26. The van der Waals surface area contributed by atoms with Crippen LogP contribution in [0, 0.1) is 11.3 Å². The van der Waals surface area contributed by atoms with Crippen molar-refractivity contribution in [1.82, 2.24) is 20.9 Å². The molecule has 5 amide bonds. The van der Waals surface area contributed by atoms with Gasteiger partial charge in [-0.05, 0) is 57.8 Å². The molecule has 0 aromatic rings. The molecule has 1 aliphatic heterocycles. The van der Waals surface area contributed by atoms with Crippen molar-refractivity contribution in [3.05, 3.63) is 0 Å². The van der Waals surface area contributed by atoms with Gasteiger partial charge in [0.1, 0.15) is 12.1 Å². The number of likely N-dealkylation sites (tertiary alicyclic amines) is 1. The zero-order valence-corrected chi connectivity index (χ0v) is 34.1. The predicted molar refractivity (Wildman–Crippen MR) is 202 cm³/mol. The second kappa shape index (κ2) is 24.6. The Labute approximate surface area is 301 Å². The van der Waals surface area contributed by atoms with E-state index in [1.807, 2.05) is 62.3 Å². The Kier molecular flexibility index (Phi) is 24.4. The Morgan fingerprint density at radius 3 is 1.84 bits per heavy atom. The summed E-state index contributed by atoms with van der Waals surface area (Å²) >= 11 is 0. The molecule has 288 valence electrons. The SMILES string of the molecule is CCC.CCCC(CS(=O)C(C)(C)C)NC(=O)NC(C(=O)N1CCC[C@H]1C(=O)NC(CC(C)CC)C(=O)C(N)=O)C(C)(C)C.CCCCC. The van der Waals surface area contributed by atoms with E-state index < -0.39 is 68.6 Å². The van der Waals surface area contributed by atoms with Crippen LogP contribution < -0.4 is 21.7 Å². The molecule has 1 rings (SSSR count). The highest BCUT2D eigenvalue weighted by atomic mass is 32.2. The van der Waals surface area contributed by atoms with Crippen LogP contribution in [0.1, 0.15) is 154 Å². The van der Waals surface area contributed by atoms with Crippen LogP contribution in [0.4, 0.5) is 4.79 Å². The number of rotatable bonds is 16. The number of primary amides is 1. The van der Waals surface area contributed by atoms with E-state index in [0.29, 0.717) is 31.6 Å². The average Bonchev–Trinajstić information content (AvgIpc) is 3.49. The van der Waals surface area contributed by atoms with Crippen molar-refractivity contribution in [3.63, 3.8) is 0 Å². The number of hydrogen-bond acceptors (Lipinski definition) is 6. The average molecular weight is 716 g/mol. The van der Waals surface area contributed by atoms with Crippen molar-refractivity contribution in [2.24, 2.45) is 17.1 Å². The number of urea groups is 1. The monoisotopic (exact) mass is 716 g/mol. The fraction of sp³-hybridized carbons (Fsp3) is 0.865. The maximum atomic E-state index is 13.8. The van der Waals surface area contributed by atoms with Crippen molar-refractivity contribution in [2.75, 3.05) is 12.3 Å². The van der Waals surface area contributed by atoms with Gasteiger partial charge in [-0.3, -0.25) is 23.4 Å². The number of hydrogen-bond donors (Lipinski definition) is 4. The van der Waals surface area contributed by atoms with Crippen molar-refractivity contribution in [3.8, 4) is 0 Å². The van der Waals surface area contributed by atoms with Gasteiger partial charge in [0.25, 0.3) is 5.91 Å². The molecule has 5 N–H and O–H groups in total. The van der Waals surface area contributed by atoms with Gasteiger partial charge in [-0.15, -0.1) is 0 Å². The molecule has 1 aliphatic rings. The summed E-state index contributed by atoms with van der Waals surface area (Å²) in [5, 5.41) is 8.38. The Morgan fingerprint density at radius 1 is 0.878 bits per heavy atom. The Hall–Kier alpha value is -2.50. The minimum absolute atomic E-state index is 0.0651. The van der Waals surface area contributed by atoms with E-state index >= 15 is 0 Å². The van der Waals surface area contributed by atoms with E-state index in [9.17, 15) is 28.2 Å². The molecular formula is C37H73N5O6S. The molecule has 0 aromatic heterocycles. The van der Waals surface area contributed by atoms with E-state index in [0.717, 1.165) is 12.8 Å². The first-order valence-electron chi connectivity index (χ1n) is 18.6. The Bertz CT molecular complexity index is 1040. The van der Waals surface area contributed by atoms with Gasteiger partial charge < -0.3 is 26.6 Å². The molecule has 5 unspecified atom stereocenters. The zero-order chi connectivity index (χ0) is 38.5. The number of carbonyl (C=O) groups excluding carboxylic acids is 5. The van der Waals surface area contributed by atoms with E-state index in [4.69, 9.17) is 5.73 Å². The van der Waals surface area contributed by atoms with Crippen LogP contribution >= 0.6 is 0 Å². The summed E-state index contributed by atoms with van der Waals surface area (Å²) in [7, 11) is -1.17. The Morgan fingerprint density at radius 2 is 1.43 bits per heavy atom. The van der Waals surface area contributed by atoms with E-state index in [1.165, 1.54) is 30.6 Å². The number of ketones is 1. The smallest absolute Gasteiger partial charge is 0.315 e. The number of carbonyl (C=O) groups is 5. The second-order valence-electron chi connectivity index (χ2n) is 15.3. The van der Waals surface area contributed by atoms with Crippen LogP contribution in [0.3, 0.4) is 0 Å². The van der Waals surface area contributed by atoms with Gasteiger partial charge in [0.15, 0.2) is 0 Å². The number of nitrogens with zero attached hydrogens (tertiary/aromatic N) is 1. The minimum atomic E-state index is -1.17. The second-order valence-corrected chi connectivity index (χ2v) is 17.6. The van der Waals surface area contributed by atoms with Crippen LogP contribution in [0.25, 0.3) is 0 Å². The predicted octanol–water partition coefficient (Wildman–Crippen LogP) is 6.00. The molecule has 0 aliphatic carbocycles. The lowest BCUT2D eigenvalue weighted by Gasteiger charge is -2.36. The van der Waals surface area contributed by atoms with Gasteiger partial charge in [-0.2, -0.15) is 0 Å². The number of unbranched alkanes of at least 4 members (excludes halogenated alkanes) is 2. The van der Waals surface area contributed by atoms with Crippen molar-refractivity contribution >= 4 is 40.3 Å². The lowest BCUT2D eigenvalue weighted by Crippen LogP contribution is -2.60. The Balaban J connectivity index is 0. The van der Waals surface area contributed by atoms with Gasteiger partial charge in [-0.1, -0.05) is 108 Å². The van der Waals surface area contributed by atoms with Crippen LogP contribution in [-0.2, 0) is 30.0 Å². The summed E-state index contributed by atoms with van der Waals surface area (Å²) in [6.45, 7) is 26.0. The van der Waals surface area contributed by atoms with Crippen LogP contribution in [0.5, 0.6) is 0 Å². The molecule has 0 aromatic carbocycles. The lowest BCUT2D eigenvalue weighted by molar-refractivity contribution is -0.143. The molecule has 0 spiro atoms. The number of amides is 5. The molecule has 0 bridgehead atoms. The highest BCUT2D eigenvalue weighted by molar-refractivity contribution is 7.86. The summed E-state index contributed by atoms with van der Waals surface area (Å²) in [5.41, 5.74) is 4.54. The molecule has 6 atom stereocenters. The topological polar surface area (TPSA) is 168 Å². The molecule has 49 heavy (non-hydrogen) atoms.